The van der Waals surface area contributed by atoms with Gasteiger partial charge in [-0.3, -0.25) is 15.0 Å². The summed E-state index contributed by atoms with van der Waals surface area (Å²) in [5.74, 6) is -0.528. The molecule has 6 nitrogen and oxygen atoms in total. The first-order chi connectivity index (χ1) is 13.7. The fourth-order valence-corrected chi connectivity index (χ4v) is 5.52. The van der Waals surface area contributed by atoms with Gasteiger partial charge in [0.2, 0.25) is 0 Å². The predicted molar refractivity (Wildman–Crippen MR) is 103 cm³/mol. The summed E-state index contributed by atoms with van der Waals surface area (Å²) in [6, 6.07) is 12.6. The molecular weight excluding hydrogens is 350 g/mol. The highest BCUT2D eigenvalue weighted by atomic mass is 16.1. The van der Waals surface area contributed by atoms with Crippen LogP contribution in [-0.2, 0) is 16.6 Å². The Bertz CT molecular complexity index is 1060. The highest BCUT2D eigenvalue weighted by Gasteiger charge is 2.56. The Labute approximate surface area is 163 Å². The van der Waals surface area contributed by atoms with Gasteiger partial charge in [-0.1, -0.05) is 37.3 Å². The normalized spacial score (nSPS) is 29.0. The van der Waals surface area contributed by atoms with Crippen LogP contribution in [0.15, 0.2) is 42.7 Å². The van der Waals surface area contributed by atoms with Crippen LogP contribution in [0.2, 0.25) is 0 Å². The summed E-state index contributed by atoms with van der Waals surface area (Å²) < 4.78 is 0. The van der Waals surface area contributed by atoms with Gasteiger partial charge in [0, 0.05) is 34.4 Å². The molecule has 2 heterocycles. The number of hydrogen-bond donors (Lipinski definition) is 2. The maximum absolute atomic E-state index is 12.8. The van der Waals surface area contributed by atoms with Gasteiger partial charge >= 0.3 is 0 Å². The number of fused-ring (bicyclic) bond motifs is 3. The molecule has 0 amide bonds. The maximum Gasteiger partial charge on any atom is 0.153 e. The molecule has 1 fully saturated rings. The predicted octanol–water partition coefficient (Wildman–Crippen LogP) is 3.40. The van der Waals surface area contributed by atoms with Crippen molar-refractivity contribution in [3.63, 3.8) is 0 Å². The number of H-pyrrole nitrogens is 2. The standard InChI is InChI=1S/C22H21N5O/c1-13-18-8-7-17-19(15-11-24-25-12-15)26-27-21(17)22(18,9-14(10-23)20(13)28)16-5-3-2-4-6-16/h2-6,11-14,18H,7-9H2,1H3,(H,24,25)(H,26,27)/t13-,14?,18-,22+/m0/s1. The second-order valence-electron chi connectivity index (χ2n) is 7.97. The van der Waals surface area contributed by atoms with Crippen LogP contribution in [0.3, 0.4) is 0 Å². The average Bonchev–Trinajstić information content (AvgIpc) is 3.40. The highest BCUT2D eigenvalue weighted by molar-refractivity contribution is 5.87. The molecule has 2 aromatic heterocycles. The molecule has 1 unspecified atom stereocenters. The lowest BCUT2D eigenvalue weighted by molar-refractivity contribution is -0.131. The smallest absolute Gasteiger partial charge is 0.153 e. The van der Waals surface area contributed by atoms with Crippen LogP contribution in [-0.4, -0.2) is 26.2 Å². The van der Waals surface area contributed by atoms with Crippen LogP contribution in [0, 0.1) is 29.1 Å². The van der Waals surface area contributed by atoms with Crippen molar-refractivity contribution >= 4 is 5.78 Å². The Kier molecular flexibility index (Phi) is 3.73. The van der Waals surface area contributed by atoms with Gasteiger partial charge < -0.3 is 0 Å². The lowest BCUT2D eigenvalue weighted by atomic mass is 9.51. The van der Waals surface area contributed by atoms with E-state index in [1.165, 1.54) is 5.56 Å². The van der Waals surface area contributed by atoms with E-state index in [4.69, 9.17) is 0 Å². The second kappa shape index (κ2) is 6.16. The van der Waals surface area contributed by atoms with Crippen LogP contribution >= 0.6 is 0 Å². The fourth-order valence-electron chi connectivity index (χ4n) is 5.52. The third-order valence-corrected chi connectivity index (χ3v) is 6.79. The number of Topliss-reactive ketones (excluding diaryl/α,β-unsaturated/α-hetero) is 1. The lowest BCUT2D eigenvalue weighted by Crippen LogP contribution is -2.52. The van der Waals surface area contributed by atoms with E-state index in [2.05, 4.69) is 38.6 Å². The summed E-state index contributed by atoms with van der Waals surface area (Å²) >= 11 is 0. The van der Waals surface area contributed by atoms with Crippen molar-refractivity contribution in [1.82, 2.24) is 20.4 Å². The quantitative estimate of drug-likeness (QED) is 0.721. The molecule has 1 aromatic carbocycles. The second-order valence-corrected chi connectivity index (χ2v) is 7.97. The Morgan fingerprint density at radius 1 is 1.29 bits per heavy atom. The minimum absolute atomic E-state index is 0.0806. The van der Waals surface area contributed by atoms with Gasteiger partial charge in [-0.25, -0.2) is 0 Å². The number of hydrogen-bond acceptors (Lipinski definition) is 4. The number of benzene rings is 1. The number of carbonyl (C=O) groups excluding carboxylic acids is 1. The van der Waals surface area contributed by atoms with Gasteiger partial charge in [-0.2, -0.15) is 15.5 Å². The summed E-state index contributed by atoms with van der Waals surface area (Å²) in [5, 5.41) is 24.6. The number of aromatic nitrogens is 4. The number of ketones is 1. The van der Waals surface area contributed by atoms with Crippen molar-refractivity contribution in [3.05, 3.63) is 59.5 Å². The SMILES string of the molecule is C[C@@H]1C(=O)C(C#N)C[C@]2(c3ccccc3)c3[nH]nc(-c4cn[nH]c4)c3CC[C@@H]12. The monoisotopic (exact) mass is 371 g/mol. The summed E-state index contributed by atoms with van der Waals surface area (Å²) in [6.45, 7) is 1.99. The van der Waals surface area contributed by atoms with E-state index in [9.17, 15) is 10.1 Å². The fraction of sp³-hybridized carbons (Fsp3) is 0.364. The molecule has 28 heavy (non-hydrogen) atoms. The first-order valence-electron chi connectivity index (χ1n) is 9.72. The van der Waals surface area contributed by atoms with Crippen LogP contribution in [0.4, 0.5) is 0 Å². The largest absolute Gasteiger partial charge is 0.298 e. The minimum atomic E-state index is -0.599. The van der Waals surface area contributed by atoms with E-state index in [0.29, 0.717) is 6.42 Å². The molecular formula is C22H21N5O. The molecule has 140 valence electrons. The Hall–Kier alpha value is -3.20. The summed E-state index contributed by atoms with van der Waals surface area (Å²) in [7, 11) is 0. The molecule has 0 aliphatic heterocycles. The Morgan fingerprint density at radius 2 is 2.11 bits per heavy atom. The van der Waals surface area contributed by atoms with E-state index in [-0.39, 0.29) is 17.6 Å². The molecule has 6 heteroatoms. The summed E-state index contributed by atoms with van der Waals surface area (Å²) in [5.41, 5.74) is 4.86. The minimum Gasteiger partial charge on any atom is -0.298 e. The third kappa shape index (κ3) is 2.16. The van der Waals surface area contributed by atoms with E-state index in [1.807, 2.05) is 31.3 Å². The molecule has 4 atom stereocenters. The van der Waals surface area contributed by atoms with Crippen LogP contribution < -0.4 is 0 Å². The summed E-state index contributed by atoms with van der Waals surface area (Å²) in [6.07, 6.45) is 5.89. The Morgan fingerprint density at radius 3 is 2.82 bits per heavy atom. The third-order valence-electron chi connectivity index (χ3n) is 6.79. The molecule has 0 bridgehead atoms. The van der Waals surface area contributed by atoms with Gasteiger partial charge in [0.25, 0.3) is 0 Å². The molecule has 0 spiro atoms. The highest BCUT2D eigenvalue weighted by Crippen LogP contribution is 2.56. The van der Waals surface area contributed by atoms with Gasteiger partial charge in [-0.15, -0.1) is 0 Å². The lowest BCUT2D eigenvalue weighted by Gasteiger charge is -2.50. The van der Waals surface area contributed by atoms with Crippen molar-refractivity contribution in [2.24, 2.45) is 17.8 Å². The van der Waals surface area contributed by atoms with Gasteiger partial charge in [0.1, 0.15) is 5.92 Å². The number of nitrogens with zero attached hydrogens (tertiary/aromatic N) is 3. The maximum atomic E-state index is 12.8. The number of nitriles is 1. The number of carbonyl (C=O) groups is 1. The van der Waals surface area contributed by atoms with E-state index in [1.54, 1.807) is 6.20 Å². The van der Waals surface area contributed by atoms with Crippen molar-refractivity contribution in [2.75, 3.05) is 0 Å². The molecule has 0 radical (unpaired) electrons. The molecule has 0 saturated heterocycles. The molecule has 2 aliphatic rings. The van der Waals surface area contributed by atoms with Crippen LogP contribution in [0.25, 0.3) is 11.3 Å². The van der Waals surface area contributed by atoms with Crippen LogP contribution in [0.5, 0.6) is 0 Å². The van der Waals surface area contributed by atoms with Crippen molar-refractivity contribution < 1.29 is 4.79 Å². The van der Waals surface area contributed by atoms with Crippen molar-refractivity contribution in [3.8, 4) is 17.3 Å². The van der Waals surface area contributed by atoms with Crippen molar-refractivity contribution in [2.45, 2.75) is 31.6 Å². The van der Waals surface area contributed by atoms with Crippen molar-refractivity contribution in [1.29, 1.82) is 5.26 Å². The Balaban J connectivity index is 1.77. The molecule has 3 aromatic rings. The van der Waals surface area contributed by atoms with E-state index < -0.39 is 11.3 Å². The van der Waals surface area contributed by atoms with Gasteiger partial charge in [0.05, 0.1) is 18.0 Å². The van der Waals surface area contributed by atoms with E-state index in [0.717, 1.165) is 35.4 Å². The number of aromatic amines is 2. The van der Waals surface area contributed by atoms with E-state index >= 15 is 0 Å². The number of rotatable bonds is 2. The first kappa shape index (κ1) is 16.9. The van der Waals surface area contributed by atoms with Gasteiger partial charge in [-0.05, 0) is 30.7 Å². The first-order valence-corrected chi connectivity index (χ1v) is 9.72. The topological polar surface area (TPSA) is 98.2 Å². The zero-order valence-electron chi connectivity index (χ0n) is 15.6. The molecule has 1 saturated carbocycles. The zero-order chi connectivity index (χ0) is 19.3. The zero-order valence-corrected chi connectivity index (χ0v) is 15.6. The average molecular weight is 371 g/mol. The summed E-state index contributed by atoms with van der Waals surface area (Å²) in [4.78, 5) is 12.8. The number of nitrogens with one attached hydrogen (secondary N) is 2. The van der Waals surface area contributed by atoms with Crippen LogP contribution in [0.1, 0.15) is 36.6 Å². The molecule has 2 aliphatic carbocycles. The molecule has 5 rings (SSSR count). The van der Waals surface area contributed by atoms with Gasteiger partial charge in [0.15, 0.2) is 5.78 Å². The molecule has 2 N–H and O–H groups in total.